The summed E-state index contributed by atoms with van der Waals surface area (Å²) in [6, 6.07) is 1.83. The van der Waals surface area contributed by atoms with Gasteiger partial charge in [-0.05, 0) is 11.4 Å². The lowest BCUT2D eigenvalue weighted by Gasteiger charge is -2.13. The maximum atomic E-state index is 10.4. The first-order valence-corrected chi connectivity index (χ1v) is 5.92. The summed E-state index contributed by atoms with van der Waals surface area (Å²) in [7, 11) is 4.90. The fourth-order valence-corrected chi connectivity index (χ4v) is 2.54. The van der Waals surface area contributed by atoms with E-state index in [1.54, 1.807) is 32.1 Å². The summed E-state index contributed by atoms with van der Waals surface area (Å²) in [5, 5.41) is 16.3. The number of rotatable bonds is 4. The van der Waals surface area contributed by atoms with Gasteiger partial charge in [0.1, 0.15) is 17.5 Å². The lowest BCUT2D eigenvalue weighted by atomic mass is 10.2. The van der Waals surface area contributed by atoms with E-state index >= 15 is 0 Å². The quantitative estimate of drug-likeness (QED) is 0.900. The molecule has 1 atom stereocenters. The van der Waals surface area contributed by atoms with Crippen LogP contribution < -0.4 is 9.47 Å². The number of ether oxygens (including phenoxy) is 2. The minimum Gasteiger partial charge on any atom is -0.495 e. The molecule has 1 N–H and O–H groups in total. The fourth-order valence-electron chi connectivity index (χ4n) is 1.70. The molecule has 0 aliphatic carbocycles. The molecule has 0 radical (unpaired) electrons. The Kier molecular flexibility index (Phi) is 3.35. The Labute approximate surface area is 103 Å². The predicted octanol–water partition coefficient (Wildman–Crippen LogP) is 1.58. The molecule has 17 heavy (non-hydrogen) atoms. The van der Waals surface area contributed by atoms with Gasteiger partial charge in [-0.15, -0.1) is 11.3 Å². The number of hydrogen-bond acceptors (Lipinski definition) is 5. The third kappa shape index (κ3) is 2.01. The molecule has 0 aromatic carbocycles. The van der Waals surface area contributed by atoms with Gasteiger partial charge in [-0.2, -0.15) is 5.10 Å². The van der Waals surface area contributed by atoms with Crippen molar-refractivity contribution in [3.63, 3.8) is 0 Å². The Morgan fingerprint density at radius 2 is 2.06 bits per heavy atom. The van der Waals surface area contributed by atoms with E-state index in [0.29, 0.717) is 17.2 Å². The van der Waals surface area contributed by atoms with E-state index in [1.165, 1.54) is 11.3 Å². The molecule has 2 aromatic heterocycles. The second-order valence-corrected chi connectivity index (χ2v) is 4.43. The van der Waals surface area contributed by atoms with E-state index in [-0.39, 0.29) is 0 Å². The molecule has 0 aliphatic heterocycles. The number of hydrogen-bond donors (Lipinski definition) is 1. The van der Waals surface area contributed by atoms with Gasteiger partial charge in [0.05, 0.1) is 25.3 Å². The summed E-state index contributed by atoms with van der Waals surface area (Å²) >= 11 is 1.44. The van der Waals surface area contributed by atoms with Crippen LogP contribution in [0.5, 0.6) is 11.5 Å². The van der Waals surface area contributed by atoms with Gasteiger partial charge in [-0.1, -0.05) is 0 Å². The average molecular weight is 254 g/mol. The maximum Gasteiger partial charge on any atom is 0.163 e. The van der Waals surface area contributed by atoms with Crippen LogP contribution in [0.15, 0.2) is 17.6 Å². The zero-order valence-electron chi connectivity index (χ0n) is 9.88. The van der Waals surface area contributed by atoms with Gasteiger partial charge in [0.15, 0.2) is 5.75 Å². The van der Waals surface area contributed by atoms with Crippen molar-refractivity contribution < 1.29 is 14.6 Å². The number of nitrogens with zero attached hydrogens (tertiary/aromatic N) is 2. The molecule has 0 saturated heterocycles. The molecule has 92 valence electrons. The molecule has 2 aromatic rings. The molecule has 0 bridgehead atoms. The molecule has 0 aliphatic rings. The molecular formula is C11H14N2O3S. The Hall–Kier alpha value is -1.53. The van der Waals surface area contributed by atoms with E-state index in [0.717, 1.165) is 4.88 Å². The van der Waals surface area contributed by atoms with Gasteiger partial charge in [0.2, 0.25) is 0 Å². The van der Waals surface area contributed by atoms with Gasteiger partial charge in [0.25, 0.3) is 0 Å². The molecule has 5 nitrogen and oxygen atoms in total. The van der Waals surface area contributed by atoms with Crippen molar-refractivity contribution >= 4 is 11.3 Å². The molecule has 0 spiro atoms. The molecular weight excluding hydrogens is 240 g/mol. The van der Waals surface area contributed by atoms with E-state index in [9.17, 15) is 5.11 Å². The number of aromatic nitrogens is 2. The minimum atomic E-state index is -0.799. The van der Waals surface area contributed by atoms with E-state index in [2.05, 4.69) is 5.10 Å². The minimum absolute atomic E-state index is 0.565. The fraction of sp³-hybridized carbons (Fsp3) is 0.364. The summed E-state index contributed by atoms with van der Waals surface area (Å²) < 4.78 is 12.0. The summed E-state index contributed by atoms with van der Waals surface area (Å²) in [4.78, 5) is 0.745. The zero-order valence-corrected chi connectivity index (χ0v) is 10.7. The van der Waals surface area contributed by atoms with Crippen molar-refractivity contribution in [3.05, 3.63) is 28.2 Å². The molecule has 6 heteroatoms. The van der Waals surface area contributed by atoms with Crippen molar-refractivity contribution in [1.29, 1.82) is 0 Å². The van der Waals surface area contributed by atoms with Crippen LogP contribution in [0.3, 0.4) is 0 Å². The van der Waals surface area contributed by atoms with Crippen LogP contribution >= 0.6 is 11.3 Å². The third-order valence-corrected chi connectivity index (χ3v) is 3.50. The van der Waals surface area contributed by atoms with Crippen molar-refractivity contribution in [2.45, 2.75) is 6.10 Å². The third-order valence-electron chi connectivity index (χ3n) is 2.55. The van der Waals surface area contributed by atoms with Crippen LogP contribution in [0, 0.1) is 0 Å². The number of aliphatic hydroxyl groups excluding tert-OH is 1. The van der Waals surface area contributed by atoms with Crippen LogP contribution in [-0.4, -0.2) is 29.1 Å². The SMILES string of the molecule is COc1ccsc1C(O)c1c(OC)cnn1C. The first-order valence-electron chi connectivity index (χ1n) is 5.04. The molecule has 0 amide bonds. The summed E-state index contributed by atoms with van der Waals surface area (Å²) in [6.45, 7) is 0. The number of aryl methyl sites for hydroxylation is 1. The van der Waals surface area contributed by atoms with Crippen LogP contribution in [0.2, 0.25) is 0 Å². The van der Waals surface area contributed by atoms with Crippen LogP contribution in [-0.2, 0) is 7.05 Å². The topological polar surface area (TPSA) is 56.5 Å². The lowest BCUT2D eigenvalue weighted by molar-refractivity contribution is 0.203. The van der Waals surface area contributed by atoms with E-state index < -0.39 is 6.10 Å². The number of methoxy groups -OCH3 is 2. The van der Waals surface area contributed by atoms with Gasteiger partial charge < -0.3 is 14.6 Å². The number of aliphatic hydroxyl groups is 1. The normalized spacial score (nSPS) is 12.5. The highest BCUT2D eigenvalue weighted by atomic mass is 32.1. The predicted molar refractivity (Wildman–Crippen MR) is 64.7 cm³/mol. The highest BCUT2D eigenvalue weighted by Gasteiger charge is 2.24. The second kappa shape index (κ2) is 4.77. The largest absolute Gasteiger partial charge is 0.495 e. The molecule has 0 fully saturated rings. The van der Waals surface area contributed by atoms with Gasteiger partial charge in [0, 0.05) is 7.05 Å². The van der Waals surface area contributed by atoms with Gasteiger partial charge in [-0.3, -0.25) is 4.68 Å². The van der Waals surface area contributed by atoms with Crippen LogP contribution in [0.4, 0.5) is 0 Å². The van der Waals surface area contributed by atoms with Crippen molar-refractivity contribution in [2.24, 2.45) is 7.05 Å². The van der Waals surface area contributed by atoms with Crippen molar-refractivity contribution in [3.8, 4) is 11.5 Å². The van der Waals surface area contributed by atoms with E-state index in [1.807, 2.05) is 11.4 Å². The van der Waals surface area contributed by atoms with Gasteiger partial charge in [-0.25, -0.2) is 0 Å². The Bertz CT molecular complexity index is 507. The molecule has 2 rings (SSSR count). The molecule has 1 unspecified atom stereocenters. The maximum absolute atomic E-state index is 10.4. The lowest BCUT2D eigenvalue weighted by Crippen LogP contribution is -2.07. The number of thiophene rings is 1. The standard InChI is InChI=1S/C11H14N2O3S/c1-13-9(8(16-3)6-12-13)10(14)11-7(15-2)4-5-17-11/h4-6,10,14H,1-3H3. The van der Waals surface area contributed by atoms with Crippen LogP contribution in [0.25, 0.3) is 0 Å². The molecule has 0 saturated carbocycles. The van der Waals surface area contributed by atoms with Gasteiger partial charge >= 0.3 is 0 Å². The van der Waals surface area contributed by atoms with Crippen LogP contribution in [0.1, 0.15) is 16.7 Å². The summed E-state index contributed by atoms with van der Waals surface area (Å²) in [5.74, 6) is 1.24. The Balaban J connectivity index is 2.43. The second-order valence-electron chi connectivity index (χ2n) is 3.48. The zero-order chi connectivity index (χ0) is 12.4. The van der Waals surface area contributed by atoms with E-state index in [4.69, 9.17) is 9.47 Å². The average Bonchev–Trinajstić information content (AvgIpc) is 2.93. The molecule has 2 heterocycles. The first kappa shape index (κ1) is 11.9. The smallest absolute Gasteiger partial charge is 0.163 e. The highest BCUT2D eigenvalue weighted by Crippen LogP contribution is 2.37. The highest BCUT2D eigenvalue weighted by molar-refractivity contribution is 7.10. The first-order chi connectivity index (χ1) is 8.19. The summed E-state index contributed by atoms with van der Waals surface area (Å²) in [5.41, 5.74) is 0.619. The Morgan fingerprint density at radius 1 is 1.35 bits per heavy atom. The van der Waals surface area contributed by atoms with Crippen molar-refractivity contribution in [2.75, 3.05) is 14.2 Å². The van der Waals surface area contributed by atoms with Crippen molar-refractivity contribution in [1.82, 2.24) is 9.78 Å². The Morgan fingerprint density at radius 3 is 2.71 bits per heavy atom. The summed E-state index contributed by atoms with van der Waals surface area (Å²) in [6.07, 6.45) is 0.783. The monoisotopic (exact) mass is 254 g/mol.